The van der Waals surface area contributed by atoms with Crippen LogP contribution in [-0.2, 0) is 13.0 Å². The molecule has 3 rings (SSSR count). The van der Waals surface area contributed by atoms with Gasteiger partial charge in [0, 0.05) is 25.0 Å². The van der Waals surface area contributed by atoms with Crippen LogP contribution < -0.4 is 4.90 Å². The Labute approximate surface area is 136 Å². The van der Waals surface area contributed by atoms with Crippen molar-refractivity contribution in [3.63, 3.8) is 0 Å². The minimum Gasteiger partial charge on any atom is -0.477 e. The van der Waals surface area contributed by atoms with Gasteiger partial charge in [-0.3, -0.25) is 0 Å². The van der Waals surface area contributed by atoms with E-state index in [0.29, 0.717) is 25.2 Å². The van der Waals surface area contributed by atoms with E-state index in [1.54, 1.807) is 18.3 Å². The number of anilines is 1. The fourth-order valence-electron chi connectivity index (χ4n) is 2.50. The van der Waals surface area contributed by atoms with Crippen molar-refractivity contribution in [3.05, 3.63) is 57.1 Å². The first-order chi connectivity index (χ1) is 10.5. The summed E-state index contributed by atoms with van der Waals surface area (Å²) in [5.74, 6) is -1.61. The van der Waals surface area contributed by atoms with Crippen LogP contribution in [0, 0.1) is 5.82 Å². The van der Waals surface area contributed by atoms with Crippen molar-refractivity contribution in [1.82, 2.24) is 4.98 Å². The SMILES string of the molecule is O=C(O)c1cc2c(cn1)CN(c1cc(F)c(Cl)c(Cl)c1)CC2. The molecule has 7 heteroatoms. The zero-order chi connectivity index (χ0) is 15.9. The summed E-state index contributed by atoms with van der Waals surface area (Å²) < 4.78 is 13.7. The quantitative estimate of drug-likeness (QED) is 0.845. The van der Waals surface area contributed by atoms with Crippen LogP contribution in [0.5, 0.6) is 0 Å². The average molecular weight is 341 g/mol. The number of hydrogen-bond donors (Lipinski definition) is 1. The zero-order valence-electron chi connectivity index (χ0n) is 11.3. The number of aromatic carboxylic acids is 1. The molecule has 22 heavy (non-hydrogen) atoms. The van der Waals surface area contributed by atoms with Crippen molar-refractivity contribution < 1.29 is 14.3 Å². The number of aromatic nitrogens is 1. The molecule has 114 valence electrons. The van der Waals surface area contributed by atoms with Crippen LogP contribution in [0.1, 0.15) is 21.6 Å². The molecular weight excluding hydrogens is 330 g/mol. The molecule has 1 aliphatic heterocycles. The van der Waals surface area contributed by atoms with E-state index in [4.69, 9.17) is 28.3 Å². The van der Waals surface area contributed by atoms with Crippen molar-refractivity contribution in [2.45, 2.75) is 13.0 Å². The maximum absolute atomic E-state index is 13.7. The molecule has 0 radical (unpaired) electrons. The lowest BCUT2D eigenvalue weighted by molar-refractivity contribution is 0.0690. The second-order valence-corrected chi connectivity index (χ2v) is 5.82. The number of nitrogens with zero attached hydrogens (tertiary/aromatic N) is 2. The summed E-state index contributed by atoms with van der Waals surface area (Å²) in [6, 6.07) is 4.56. The topological polar surface area (TPSA) is 53.4 Å². The third kappa shape index (κ3) is 2.74. The Balaban J connectivity index is 1.90. The highest BCUT2D eigenvalue weighted by Gasteiger charge is 2.20. The number of carboxylic acid groups (broad SMARTS) is 1. The van der Waals surface area contributed by atoms with Crippen LogP contribution in [0.15, 0.2) is 24.4 Å². The fourth-order valence-corrected chi connectivity index (χ4v) is 2.81. The molecule has 1 aromatic carbocycles. The van der Waals surface area contributed by atoms with Crippen molar-refractivity contribution in [3.8, 4) is 0 Å². The van der Waals surface area contributed by atoms with Crippen LogP contribution in [-0.4, -0.2) is 22.6 Å². The molecule has 2 aromatic rings. The number of benzene rings is 1. The second-order valence-electron chi connectivity index (χ2n) is 5.04. The van der Waals surface area contributed by atoms with Gasteiger partial charge in [-0.1, -0.05) is 23.2 Å². The van der Waals surface area contributed by atoms with Crippen molar-refractivity contribution >= 4 is 34.9 Å². The highest BCUT2D eigenvalue weighted by atomic mass is 35.5. The first-order valence-electron chi connectivity index (χ1n) is 6.56. The van der Waals surface area contributed by atoms with E-state index in [9.17, 15) is 9.18 Å². The smallest absolute Gasteiger partial charge is 0.354 e. The van der Waals surface area contributed by atoms with Gasteiger partial charge in [0.15, 0.2) is 0 Å². The first kappa shape index (κ1) is 15.1. The normalized spacial score (nSPS) is 13.9. The summed E-state index contributed by atoms with van der Waals surface area (Å²) in [4.78, 5) is 16.8. The lowest BCUT2D eigenvalue weighted by Crippen LogP contribution is -2.30. The van der Waals surface area contributed by atoms with E-state index in [1.807, 2.05) is 4.90 Å². The largest absolute Gasteiger partial charge is 0.477 e. The van der Waals surface area contributed by atoms with Crippen LogP contribution in [0.3, 0.4) is 0 Å². The molecule has 0 fully saturated rings. The summed E-state index contributed by atoms with van der Waals surface area (Å²) in [6.07, 6.45) is 2.21. The summed E-state index contributed by atoms with van der Waals surface area (Å²) >= 11 is 11.6. The second kappa shape index (κ2) is 5.74. The Kier molecular flexibility index (Phi) is 3.93. The molecule has 0 unspecified atom stereocenters. The Hall–Kier alpha value is -1.85. The Bertz CT molecular complexity index is 744. The van der Waals surface area contributed by atoms with Gasteiger partial charge in [0.05, 0.1) is 10.0 Å². The molecule has 0 atom stereocenters. The summed E-state index contributed by atoms with van der Waals surface area (Å²) in [7, 11) is 0. The summed E-state index contributed by atoms with van der Waals surface area (Å²) in [5.41, 5.74) is 2.54. The Morgan fingerprint density at radius 3 is 2.73 bits per heavy atom. The van der Waals surface area contributed by atoms with Gasteiger partial charge in [0.1, 0.15) is 11.5 Å². The van der Waals surface area contributed by atoms with Gasteiger partial charge >= 0.3 is 5.97 Å². The van der Waals surface area contributed by atoms with Crippen molar-refractivity contribution in [2.75, 3.05) is 11.4 Å². The van der Waals surface area contributed by atoms with Gasteiger partial charge in [-0.25, -0.2) is 14.2 Å². The van der Waals surface area contributed by atoms with E-state index in [0.717, 1.165) is 11.1 Å². The Morgan fingerprint density at radius 1 is 1.27 bits per heavy atom. The first-order valence-corrected chi connectivity index (χ1v) is 7.32. The highest BCUT2D eigenvalue weighted by molar-refractivity contribution is 6.42. The van der Waals surface area contributed by atoms with Crippen LogP contribution in [0.2, 0.25) is 10.0 Å². The number of carbonyl (C=O) groups is 1. The van der Waals surface area contributed by atoms with Gasteiger partial charge < -0.3 is 10.0 Å². The molecule has 0 saturated carbocycles. The number of pyridine rings is 1. The lowest BCUT2D eigenvalue weighted by Gasteiger charge is -2.30. The predicted molar refractivity (Wildman–Crippen MR) is 82.4 cm³/mol. The average Bonchev–Trinajstić information content (AvgIpc) is 2.51. The maximum Gasteiger partial charge on any atom is 0.354 e. The maximum atomic E-state index is 13.7. The lowest BCUT2D eigenvalue weighted by atomic mass is 10.0. The number of fused-ring (bicyclic) bond motifs is 1. The van der Waals surface area contributed by atoms with E-state index >= 15 is 0 Å². The van der Waals surface area contributed by atoms with E-state index in [2.05, 4.69) is 4.98 Å². The molecule has 1 N–H and O–H groups in total. The molecule has 2 heterocycles. The molecular formula is C15H11Cl2FN2O2. The molecule has 0 aliphatic carbocycles. The monoisotopic (exact) mass is 340 g/mol. The number of carboxylic acids is 1. The van der Waals surface area contributed by atoms with E-state index in [1.165, 1.54) is 6.07 Å². The van der Waals surface area contributed by atoms with Crippen molar-refractivity contribution in [1.29, 1.82) is 0 Å². The molecule has 1 aliphatic rings. The number of halogens is 3. The van der Waals surface area contributed by atoms with Gasteiger partial charge in [0.25, 0.3) is 0 Å². The fraction of sp³-hybridized carbons (Fsp3) is 0.200. The Morgan fingerprint density at radius 2 is 2.05 bits per heavy atom. The van der Waals surface area contributed by atoms with E-state index < -0.39 is 11.8 Å². The minimum absolute atomic E-state index is 0.0350. The molecule has 4 nitrogen and oxygen atoms in total. The van der Waals surface area contributed by atoms with Gasteiger partial charge in [0.2, 0.25) is 0 Å². The standard InChI is InChI=1S/C15H11Cl2FN2O2/c16-11-4-10(5-12(18)14(11)17)20-2-1-8-3-13(15(21)22)19-6-9(8)7-20/h3-6H,1-2,7H2,(H,21,22). The van der Waals surface area contributed by atoms with Gasteiger partial charge in [-0.2, -0.15) is 0 Å². The van der Waals surface area contributed by atoms with Gasteiger partial charge in [-0.15, -0.1) is 0 Å². The van der Waals surface area contributed by atoms with Crippen LogP contribution in [0.4, 0.5) is 10.1 Å². The molecule has 1 aromatic heterocycles. The van der Waals surface area contributed by atoms with Crippen molar-refractivity contribution in [2.24, 2.45) is 0 Å². The molecule has 0 amide bonds. The van der Waals surface area contributed by atoms with Gasteiger partial charge in [-0.05, 0) is 35.7 Å². The summed E-state index contributed by atoms with van der Waals surface area (Å²) in [6.45, 7) is 1.15. The highest BCUT2D eigenvalue weighted by Crippen LogP contribution is 2.32. The van der Waals surface area contributed by atoms with E-state index in [-0.39, 0.29) is 15.7 Å². The zero-order valence-corrected chi connectivity index (χ0v) is 12.8. The molecule has 0 bridgehead atoms. The number of hydrogen-bond acceptors (Lipinski definition) is 3. The molecule has 0 saturated heterocycles. The summed E-state index contributed by atoms with van der Waals surface area (Å²) in [5, 5.41) is 9.04. The predicted octanol–water partition coefficient (Wildman–Crippen LogP) is 3.79. The third-order valence-electron chi connectivity index (χ3n) is 3.65. The third-order valence-corrected chi connectivity index (χ3v) is 4.43. The minimum atomic E-state index is -1.04. The molecule has 0 spiro atoms. The number of rotatable bonds is 2. The van der Waals surface area contributed by atoms with Crippen LogP contribution in [0.25, 0.3) is 0 Å². The van der Waals surface area contributed by atoms with Crippen LogP contribution >= 0.6 is 23.2 Å².